The second kappa shape index (κ2) is 8.04. The first-order valence-corrected chi connectivity index (χ1v) is 9.44. The largest absolute Gasteiger partial charge is 0.497 e. The first-order valence-electron chi connectivity index (χ1n) is 8.63. The number of hydrogen-bond donors (Lipinski definition) is 1. The van der Waals surface area contributed by atoms with E-state index < -0.39 is 5.91 Å². The SMILES string of the molecule is COc1ccc2nc(NC(=O)c3ccc(COc4ccccc4C#N)o3)sc2c1. The van der Waals surface area contributed by atoms with E-state index in [1.807, 2.05) is 18.2 Å². The van der Waals surface area contributed by atoms with E-state index in [4.69, 9.17) is 19.2 Å². The first-order chi connectivity index (χ1) is 14.2. The third-order valence-corrected chi connectivity index (χ3v) is 5.01. The van der Waals surface area contributed by atoms with Gasteiger partial charge in [-0.2, -0.15) is 5.26 Å². The van der Waals surface area contributed by atoms with Crippen LogP contribution in [0.3, 0.4) is 0 Å². The van der Waals surface area contributed by atoms with Crippen molar-refractivity contribution >= 4 is 32.6 Å². The Kier molecular flexibility index (Phi) is 5.14. The van der Waals surface area contributed by atoms with Gasteiger partial charge in [0.2, 0.25) is 0 Å². The molecule has 0 saturated carbocycles. The molecule has 1 amide bonds. The first kappa shape index (κ1) is 18.5. The fraction of sp³-hybridized carbons (Fsp3) is 0.0952. The van der Waals surface area contributed by atoms with Crippen LogP contribution in [0.15, 0.2) is 59.0 Å². The topological polar surface area (TPSA) is 97.4 Å². The van der Waals surface area contributed by atoms with E-state index in [0.29, 0.717) is 22.2 Å². The molecule has 0 aliphatic heterocycles. The number of anilines is 1. The Morgan fingerprint density at radius 1 is 1.24 bits per heavy atom. The molecule has 1 N–H and O–H groups in total. The van der Waals surface area contributed by atoms with Crippen molar-refractivity contribution in [1.82, 2.24) is 4.98 Å². The summed E-state index contributed by atoms with van der Waals surface area (Å²) < 4.78 is 17.3. The van der Waals surface area contributed by atoms with Crippen LogP contribution in [-0.2, 0) is 6.61 Å². The van der Waals surface area contributed by atoms with Gasteiger partial charge in [-0.1, -0.05) is 23.5 Å². The number of carbonyl (C=O) groups excluding carboxylic acids is 1. The molecule has 0 unspecified atom stereocenters. The van der Waals surface area contributed by atoms with Gasteiger partial charge in [0.15, 0.2) is 10.9 Å². The minimum absolute atomic E-state index is 0.104. The van der Waals surface area contributed by atoms with Crippen molar-refractivity contribution in [1.29, 1.82) is 5.26 Å². The average molecular weight is 405 g/mol. The lowest BCUT2D eigenvalue weighted by Crippen LogP contribution is -2.10. The van der Waals surface area contributed by atoms with Crippen molar-refractivity contribution < 1.29 is 18.7 Å². The molecule has 0 bridgehead atoms. The molecule has 0 atom stereocenters. The highest BCUT2D eigenvalue weighted by molar-refractivity contribution is 7.22. The fourth-order valence-corrected chi connectivity index (χ4v) is 3.54. The smallest absolute Gasteiger partial charge is 0.293 e. The van der Waals surface area contributed by atoms with Gasteiger partial charge in [-0.3, -0.25) is 10.1 Å². The lowest BCUT2D eigenvalue weighted by molar-refractivity contribution is 0.0992. The van der Waals surface area contributed by atoms with Gasteiger partial charge in [0.1, 0.15) is 29.9 Å². The number of carbonyl (C=O) groups is 1. The standard InChI is InChI=1S/C21H15N3O4S/c1-26-14-6-8-16-19(10-14)29-21(23-16)24-20(25)18-9-7-15(28-18)12-27-17-5-3-2-4-13(17)11-22/h2-10H,12H2,1H3,(H,23,24,25). The molecule has 2 heterocycles. The molecule has 4 rings (SSSR count). The highest BCUT2D eigenvalue weighted by atomic mass is 32.1. The molecule has 8 heteroatoms. The molecular weight excluding hydrogens is 390 g/mol. The highest BCUT2D eigenvalue weighted by Gasteiger charge is 2.15. The quantitative estimate of drug-likeness (QED) is 0.503. The van der Waals surface area contributed by atoms with E-state index in [-0.39, 0.29) is 12.4 Å². The summed E-state index contributed by atoms with van der Waals surface area (Å²) in [7, 11) is 1.60. The fourth-order valence-electron chi connectivity index (χ4n) is 2.66. The number of para-hydroxylation sites is 1. The van der Waals surface area contributed by atoms with Crippen LogP contribution < -0.4 is 14.8 Å². The highest BCUT2D eigenvalue weighted by Crippen LogP contribution is 2.29. The van der Waals surface area contributed by atoms with Crippen LogP contribution in [0, 0.1) is 11.3 Å². The monoisotopic (exact) mass is 405 g/mol. The normalized spacial score (nSPS) is 10.5. The summed E-state index contributed by atoms with van der Waals surface area (Å²) in [5.74, 6) is 1.40. The van der Waals surface area contributed by atoms with Gasteiger partial charge >= 0.3 is 0 Å². The third-order valence-electron chi connectivity index (χ3n) is 4.08. The zero-order chi connectivity index (χ0) is 20.2. The number of nitriles is 1. The van der Waals surface area contributed by atoms with Gasteiger partial charge in [0, 0.05) is 0 Å². The van der Waals surface area contributed by atoms with Gasteiger partial charge in [-0.05, 0) is 42.5 Å². The Morgan fingerprint density at radius 3 is 2.93 bits per heavy atom. The summed E-state index contributed by atoms with van der Waals surface area (Å²) in [6.07, 6.45) is 0. The zero-order valence-electron chi connectivity index (χ0n) is 15.3. The molecule has 0 fully saturated rings. The van der Waals surface area contributed by atoms with Crippen LogP contribution in [0.25, 0.3) is 10.2 Å². The summed E-state index contributed by atoms with van der Waals surface area (Å²) >= 11 is 1.35. The number of benzene rings is 2. The number of nitrogens with one attached hydrogen (secondary N) is 1. The predicted octanol–water partition coefficient (Wildman–Crippen LogP) is 4.60. The lowest BCUT2D eigenvalue weighted by Gasteiger charge is -2.05. The maximum atomic E-state index is 12.5. The summed E-state index contributed by atoms with van der Waals surface area (Å²) in [6, 6.07) is 17.7. The number of nitrogens with zero attached hydrogens (tertiary/aromatic N) is 2. The van der Waals surface area contributed by atoms with Crippen molar-refractivity contribution in [3.8, 4) is 17.6 Å². The van der Waals surface area contributed by atoms with Crippen molar-refractivity contribution in [2.45, 2.75) is 6.61 Å². The number of furan rings is 1. The molecule has 0 spiro atoms. The number of rotatable bonds is 6. The molecule has 0 aliphatic rings. The second-order valence-electron chi connectivity index (χ2n) is 5.97. The Bertz CT molecular complexity index is 1220. The van der Waals surface area contributed by atoms with Crippen LogP contribution in [0.2, 0.25) is 0 Å². The summed E-state index contributed by atoms with van der Waals surface area (Å²) in [4.78, 5) is 16.8. The van der Waals surface area contributed by atoms with E-state index in [9.17, 15) is 4.79 Å². The summed E-state index contributed by atoms with van der Waals surface area (Å²) in [6.45, 7) is 0.104. The molecule has 7 nitrogen and oxygen atoms in total. The maximum absolute atomic E-state index is 12.5. The molecular formula is C21H15N3O4S. The van der Waals surface area contributed by atoms with Gasteiger partial charge in [-0.15, -0.1) is 0 Å². The summed E-state index contributed by atoms with van der Waals surface area (Å²) in [5, 5.41) is 12.3. The van der Waals surface area contributed by atoms with Crippen LogP contribution in [0.1, 0.15) is 21.9 Å². The van der Waals surface area contributed by atoms with E-state index >= 15 is 0 Å². The number of methoxy groups -OCH3 is 1. The molecule has 0 aliphatic carbocycles. The maximum Gasteiger partial charge on any atom is 0.293 e. The Labute approximate surface area is 170 Å². The van der Waals surface area contributed by atoms with Crippen molar-refractivity contribution in [3.05, 3.63) is 71.7 Å². The average Bonchev–Trinajstić information content (AvgIpc) is 3.38. The molecule has 144 valence electrons. The number of fused-ring (bicyclic) bond motifs is 1. The number of ether oxygens (including phenoxy) is 2. The number of hydrogen-bond acceptors (Lipinski definition) is 7. The van der Waals surface area contributed by atoms with Crippen molar-refractivity contribution in [3.63, 3.8) is 0 Å². The van der Waals surface area contributed by atoms with Crippen LogP contribution in [-0.4, -0.2) is 18.0 Å². The van der Waals surface area contributed by atoms with Crippen LogP contribution in [0.4, 0.5) is 5.13 Å². The minimum Gasteiger partial charge on any atom is -0.497 e. The van der Waals surface area contributed by atoms with E-state index in [2.05, 4.69) is 16.4 Å². The molecule has 29 heavy (non-hydrogen) atoms. The molecule has 0 saturated heterocycles. The van der Waals surface area contributed by atoms with Crippen molar-refractivity contribution in [2.75, 3.05) is 12.4 Å². The van der Waals surface area contributed by atoms with E-state index in [0.717, 1.165) is 16.0 Å². The minimum atomic E-state index is -0.403. The van der Waals surface area contributed by atoms with Crippen LogP contribution >= 0.6 is 11.3 Å². The number of aromatic nitrogens is 1. The van der Waals surface area contributed by atoms with Crippen molar-refractivity contribution in [2.24, 2.45) is 0 Å². The van der Waals surface area contributed by atoms with E-state index in [1.54, 1.807) is 43.5 Å². The number of thiazole rings is 1. The van der Waals surface area contributed by atoms with Gasteiger partial charge < -0.3 is 13.9 Å². The van der Waals surface area contributed by atoms with Gasteiger partial charge in [-0.25, -0.2) is 4.98 Å². The lowest BCUT2D eigenvalue weighted by atomic mass is 10.2. The predicted molar refractivity (Wildman–Crippen MR) is 108 cm³/mol. The zero-order valence-corrected chi connectivity index (χ0v) is 16.2. The Balaban J connectivity index is 1.42. The van der Waals surface area contributed by atoms with Gasteiger partial charge in [0.05, 0.1) is 22.9 Å². The van der Waals surface area contributed by atoms with E-state index in [1.165, 1.54) is 11.3 Å². The molecule has 4 aromatic rings. The molecule has 2 aromatic carbocycles. The Hall–Kier alpha value is -3.83. The number of amides is 1. The summed E-state index contributed by atoms with van der Waals surface area (Å²) in [5.41, 5.74) is 1.21. The third kappa shape index (κ3) is 4.05. The molecule has 0 radical (unpaired) electrons. The van der Waals surface area contributed by atoms with Crippen LogP contribution in [0.5, 0.6) is 11.5 Å². The Morgan fingerprint density at radius 2 is 2.10 bits per heavy atom. The van der Waals surface area contributed by atoms with Gasteiger partial charge in [0.25, 0.3) is 5.91 Å². The second-order valence-corrected chi connectivity index (χ2v) is 7.00. The molecule has 2 aromatic heterocycles.